The number of ether oxygens (including phenoxy) is 2. The third-order valence-electron chi connectivity index (χ3n) is 4.02. The number of hydrogen-bond donors (Lipinski definition) is 3. The van der Waals surface area contributed by atoms with E-state index >= 15 is 0 Å². The van der Waals surface area contributed by atoms with Gasteiger partial charge in [0.2, 0.25) is 0 Å². The molecule has 0 spiro atoms. The van der Waals surface area contributed by atoms with Gasteiger partial charge in [-0.15, -0.1) is 0 Å². The molecule has 0 radical (unpaired) electrons. The summed E-state index contributed by atoms with van der Waals surface area (Å²) in [4.78, 5) is 13.0. The van der Waals surface area contributed by atoms with Crippen molar-refractivity contribution in [2.75, 3.05) is 19.5 Å². The van der Waals surface area contributed by atoms with Crippen LogP contribution in [0.4, 0.5) is 5.82 Å². The van der Waals surface area contributed by atoms with Crippen molar-refractivity contribution in [2.45, 2.75) is 44.3 Å². The topological polar surface area (TPSA) is 129 Å². The number of anilines is 1. The summed E-state index contributed by atoms with van der Waals surface area (Å²) >= 11 is 0. The Bertz CT molecular complexity index is 704. The zero-order chi connectivity index (χ0) is 16.7. The van der Waals surface area contributed by atoms with Crippen molar-refractivity contribution in [3.05, 3.63) is 12.2 Å². The lowest BCUT2D eigenvalue weighted by Gasteiger charge is -2.18. The maximum Gasteiger partial charge on any atom is 0.167 e. The molecule has 0 bridgehead atoms. The minimum absolute atomic E-state index is 0.0939. The van der Waals surface area contributed by atoms with Crippen LogP contribution in [0.25, 0.3) is 11.2 Å². The van der Waals surface area contributed by atoms with Crippen LogP contribution in [-0.2, 0) is 9.47 Å². The summed E-state index contributed by atoms with van der Waals surface area (Å²) in [6, 6.07) is 0. The molecular weight excluding hydrogens is 302 g/mol. The average molecular weight is 323 g/mol. The summed E-state index contributed by atoms with van der Waals surface area (Å²) in [6.07, 6.45) is -1.49. The molecule has 0 saturated carbocycles. The lowest BCUT2D eigenvalue weighted by Crippen LogP contribution is -2.35. The van der Waals surface area contributed by atoms with Gasteiger partial charge in [0.1, 0.15) is 29.7 Å². The van der Waals surface area contributed by atoms with Gasteiger partial charge in [-0.2, -0.15) is 0 Å². The number of imidazole rings is 1. The Hall–Kier alpha value is -1.81. The van der Waals surface area contributed by atoms with Gasteiger partial charge in [0.25, 0.3) is 0 Å². The first-order valence-electron chi connectivity index (χ1n) is 7.45. The van der Waals surface area contributed by atoms with E-state index < -0.39 is 24.5 Å². The summed E-state index contributed by atoms with van der Waals surface area (Å²) in [7, 11) is 1.46. The maximum absolute atomic E-state index is 10.4. The second-order valence-corrected chi connectivity index (χ2v) is 5.88. The Balaban J connectivity index is 2.06. The van der Waals surface area contributed by atoms with E-state index in [1.54, 1.807) is 4.57 Å². The number of methoxy groups -OCH3 is 1. The molecule has 4 atom stereocenters. The molecule has 1 aliphatic rings. The fourth-order valence-electron chi connectivity index (χ4n) is 2.79. The largest absolute Gasteiger partial charge is 0.394 e. The molecule has 126 valence electrons. The number of nitrogens with zero attached hydrogens (tertiary/aromatic N) is 4. The third kappa shape index (κ3) is 2.55. The maximum atomic E-state index is 10.4. The number of nitrogen functional groups attached to an aromatic ring is 1. The highest BCUT2D eigenvalue weighted by molar-refractivity contribution is 5.81. The zero-order valence-corrected chi connectivity index (χ0v) is 13.2. The van der Waals surface area contributed by atoms with E-state index in [0.29, 0.717) is 17.0 Å². The molecule has 9 nitrogen and oxygen atoms in total. The van der Waals surface area contributed by atoms with Gasteiger partial charge in [0.15, 0.2) is 17.7 Å². The molecule has 1 fully saturated rings. The van der Waals surface area contributed by atoms with Crippen LogP contribution >= 0.6 is 0 Å². The molecule has 23 heavy (non-hydrogen) atoms. The number of aliphatic hydroxyl groups is 2. The molecular formula is C14H21N5O4. The van der Waals surface area contributed by atoms with E-state index in [-0.39, 0.29) is 18.3 Å². The molecule has 1 saturated heterocycles. The highest BCUT2D eigenvalue weighted by Crippen LogP contribution is 2.33. The lowest BCUT2D eigenvalue weighted by molar-refractivity contribution is -0.0536. The Morgan fingerprint density at radius 2 is 2.17 bits per heavy atom. The van der Waals surface area contributed by atoms with Crippen LogP contribution in [0.15, 0.2) is 6.33 Å². The zero-order valence-electron chi connectivity index (χ0n) is 13.2. The number of hydrogen-bond acceptors (Lipinski definition) is 8. The number of aliphatic hydroxyl groups excluding tert-OH is 2. The molecule has 3 heterocycles. The average Bonchev–Trinajstić information content (AvgIpc) is 3.07. The smallest absolute Gasteiger partial charge is 0.167 e. The second kappa shape index (κ2) is 6.00. The monoisotopic (exact) mass is 323 g/mol. The van der Waals surface area contributed by atoms with E-state index in [0.717, 1.165) is 0 Å². The van der Waals surface area contributed by atoms with E-state index in [2.05, 4.69) is 15.0 Å². The Morgan fingerprint density at radius 3 is 2.74 bits per heavy atom. The number of aromatic nitrogens is 4. The highest BCUT2D eigenvalue weighted by atomic mass is 16.6. The van der Waals surface area contributed by atoms with Gasteiger partial charge in [0, 0.05) is 13.0 Å². The Kier molecular flexibility index (Phi) is 4.19. The quantitative estimate of drug-likeness (QED) is 0.705. The number of fused-ring (bicyclic) bond motifs is 1. The fraction of sp³-hybridized carbons (Fsp3) is 0.643. The molecule has 3 rings (SSSR count). The Labute approximate surface area is 133 Å². The molecule has 0 aromatic carbocycles. The van der Waals surface area contributed by atoms with Gasteiger partial charge in [-0.25, -0.2) is 15.0 Å². The summed E-state index contributed by atoms with van der Waals surface area (Å²) in [6.45, 7) is 3.67. The summed E-state index contributed by atoms with van der Waals surface area (Å²) < 4.78 is 12.5. The third-order valence-corrected chi connectivity index (χ3v) is 4.02. The molecule has 0 unspecified atom stereocenters. The van der Waals surface area contributed by atoms with E-state index in [1.807, 2.05) is 13.8 Å². The molecule has 4 N–H and O–H groups in total. The van der Waals surface area contributed by atoms with Gasteiger partial charge in [-0.3, -0.25) is 4.57 Å². The number of nitrogens with two attached hydrogens (primary N) is 1. The van der Waals surface area contributed by atoms with Crippen LogP contribution in [0.5, 0.6) is 0 Å². The summed E-state index contributed by atoms with van der Waals surface area (Å²) in [5.41, 5.74) is 6.89. The van der Waals surface area contributed by atoms with Gasteiger partial charge in [-0.05, 0) is 0 Å². The van der Waals surface area contributed by atoms with Crippen molar-refractivity contribution < 1.29 is 19.7 Å². The number of rotatable bonds is 4. The summed E-state index contributed by atoms with van der Waals surface area (Å²) in [5, 5.41) is 19.8. The van der Waals surface area contributed by atoms with Gasteiger partial charge in [-0.1, -0.05) is 13.8 Å². The van der Waals surface area contributed by atoms with Crippen molar-refractivity contribution >= 4 is 17.0 Å². The molecule has 2 aromatic rings. The first kappa shape index (κ1) is 16.1. The van der Waals surface area contributed by atoms with E-state index in [9.17, 15) is 10.2 Å². The van der Waals surface area contributed by atoms with Crippen molar-refractivity contribution in [3.8, 4) is 0 Å². The lowest BCUT2D eigenvalue weighted by atomic mass is 10.1. The fourth-order valence-corrected chi connectivity index (χ4v) is 2.79. The van der Waals surface area contributed by atoms with Crippen LogP contribution < -0.4 is 5.73 Å². The van der Waals surface area contributed by atoms with Crippen LogP contribution in [0, 0.1) is 0 Å². The van der Waals surface area contributed by atoms with E-state index in [4.69, 9.17) is 15.2 Å². The molecule has 0 aliphatic carbocycles. The van der Waals surface area contributed by atoms with Crippen molar-refractivity contribution in [1.82, 2.24) is 19.5 Å². The van der Waals surface area contributed by atoms with Crippen LogP contribution in [0.1, 0.15) is 31.8 Å². The molecule has 0 amide bonds. The standard InChI is InChI=1S/C14H21N5O4/c1-6(2)12-17-11(15)8-13(18-12)19(5-16-8)14-9(21)10(22-3)7(4-20)23-14/h5-7,9-10,14,20-21H,4H2,1-3H3,(H2,15,17,18)/t7-,9-,10-,14-/m1/s1. The highest BCUT2D eigenvalue weighted by Gasteiger charge is 2.45. The SMILES string of the molecule is CO[C@H]1[C@@H](O)[C@H](n2cnc3c(N)nc(C(C)C)nc32)O[C@@H]1CO. The van der Waals surface area contributed by atoms with E-state index in [1.165, 1.54) is 13.4 Å². The van der Waals surface area contributed by atoms with Crippen LogP contribution in [-0.4, -0.2) is 61.8 Å². The van der Waals surface area contributed by atoms with Crippen molar-refractivity contribution in [2.24, 2.45) is 0 Å². The van der Waals surface area contributed by atoms with Crippen LogP contribution in [0.3, 0.4) is 0 Å². The van der Waals surface area contributed by atoms with Crippen molar-refractivity contribution in [1.29, 1.82) is 0 Å². The van der Waals surface area contributed by atoms with Gasteiger partial charge < -0.3 is 25.4 Å². The minimum atomic E-state index is -0.965. The molecule has 2 aromatic heterocycles. The minimum Gasteiger partial charge on any atom is -0.394 e. The first-order valence-corrected chi connectivity index (χ1v) is 7.45. The van der Waals surface area contributed by atoms with Gasteiger partial charge in [0.05, 0.1) is 12.9 Å². The van der Waals surface area contributed by atoms with Crippen LogP contribution in [0.2, 0.25) is 0 Å². The summed E-state index contributed by atoms with van der Waals surface area (Å²) in [5.74, 6) is 0.967. The Morgan fingerprint density at radius 1 is 1.43 bits per heavy atom. The normalized spacial score (nSPS) is 28.1. The molecule has 9 heteroatoms. The second-order valence-electron chi connectivity index (χ2n) is 5.88. The first-order chi connectivity index (χ1) is 11.0. The van der Waals surface area contributed by atoms with Gasteiger partial charge >= 0.3 is 0 Å². The van der Waals surface area contributed by atoms with Crippen molar-refractivity contribution in [3.63, 3.8) is 0 Å². The predicted octanol–water partition coefficient (Wildman–Crippen LogP) is -0.203. The molecule has 1 aliphatic heterocycles. The predicted molar refractivity (Wildman–Crippen MR) is 81.6 cm³/mol.